The fourth-order valence-electron chi connectivity index (χ4n) is 3.88. The van der Waals surface area contributed by atoms with E-state index < -0.39 is 11.9 Å². The van der Waals surface area contributed by atoms with Crippen molar-refractivity contribution in [3.8, 4) is 5.75 Å². The predicted molar refractivity (Wildman–Crippen MR) is 127 cm³/mol. The van der Waals surface area contributed by atoms with Gasteiger partial charge in [0.2, 0.25) is 11.7 Å². The molecule has 3 N–H and O–H groups in total. The number of nitrogen functional groups attached to an aromatic ring is 1. The lowest BCUT2D eigenvalue weighted by molar-refractivity contribution is -0.121. The minimum Gasteiger partial charge on any atom is -0.478 e. The maximum atomic E-state index is 14.0. The van der Waals surface area contributed by atoms with Crippen molar-refractivity contribution in [2.24, 2.45) is 0 Å². The van der Waals surface area contributed by atoms with Gasteiger partial charge in [0.25, 0.3) is 0 Å². The van der Waals surface area contributed by atoms with Gasteiger partial charge in [-0.25, -0.2) is 9.37 Å². The van der Waals surface area contributed by atoms with E-state index in [9.17, 15) is 9.18 Å². The van der Waals surface area contributed by atoms with Crippen molar-refractivity contribution in [3.05, 3.63) is 57.7 Å². The van der Waals surface area contributed by atoms with Crippen molar-refractivity contribution in [1.82, 2.24) is 15.2 Å². The zero-order chi connectivity index (χ0) is 23.7. The Morgan fingerprint density at radius 3 is 2.91 bits per heavy atom. The van der Waals surface area contributed by atoms with Gasteiger partial charge in [-0.15, -0.1) is 0 Å². The van der Waals surface area contributed by atoms with E-state index >= 15 is 0 Å². The van der Waals surface area contributed by atoms with Crippen LogP contribution >= 0.6 is 23.2 Å². The van der Waals surface area contributed by atoms with E-state index in [1.807, 2.05) is 0 Å². The third kappa shape index (κ3) is 4.64. The molecule has 3 heterocycles. The van der Waals surface area contributed by atoms with Crippen molar-refractivity contribution < 1.29 is 18.3 Å². The van der Waals surface area contributed by atoms with E-state index in [0.717, 1.165) is 29.5 Å². The van der Waals surface area contributed by atoms with E-state index in [-0.39, 0.29) is 27.5 Å². The van der Waals surface area contributed by atoms with Crippen molar-refractivity contribution in [1.29, 1.82) is 0 Å². The molecule has 0 fully saturated rings. The summed E-state index contributed by atoms with van der Waals surface area (Å²) in [5, 5.41) is 3.55. The molecule has 0 unspecified atom stereocenters. The van der Waals surface area contributed by atoms with Crippen LogP contribution < -0.4 is 15.8 Å². The molecule has 33 heavy (non-hydrogen) atoms. The highest BCUT2D eigenvalue weighted by molar-refractivity contribution is 6.36. The maximum Gasteiger partial charge on any atom is 0.233 e. The van der Waals surface area contributed by atoms with Gasteiger partial charge in [-0.2, -0.15) is 0 Å². The number of hydrogen-bond acceptors (Lipinski definition) is 6. The number of furan rings is 1. The molecule has 0 saturated heterocycles. The summed E-state index contributed by atoms with van der Waals surface area (Å²) in [5.41, 5.74) is 8.81. The van der Waals surface area contributed by atoms with E-state index in [4.69, 9.17) is 38.1 Å². The molecule has 0 aliphatic carbocycles. The van der Waals surface area contributed by atoms with Crippen LogP contribution in [0.25, 0.3) is 16.5 Å². The summed E-state index contributed by atoms with van der Waals surface area (Å²) in [6.45, 7) is 3.44. The van der Waals surface area contributed by atoms with Crippen LogP contribution in [0.15, 0.2) is 35.1 Å². The lowest BCUT2D eigenvalue weighted by atomic mass is 9.99. The molecule has 174 valence electrons. The largest absolute Gasteiger partial charge is 0.478 e. The van der Waals surface area contributed by atoms with Gasteiger partial charge in [-0.3, -0.25) is 9.69 Å². The van der Waals surface area contributed by atoms with Gasteiger partial charge in [0.15, 0.2) is 11.4 Å². The van der Waals surface area contributed by atoms with Crippen molar-refractivity contribution in [3.63, 3.8) is 0 Å². The van der Waals surface area contributed by atoms with Crippen LogP contribution in [0, 0.1) is 5.82 Å². The topological polar surface area (TPSA) is 93.6 Å². The molecule has 1 amide bonds. The fourth-order valence-corrected chi connectivity index (χ4v) is 4.55. The Labute approximate surface area is 200 Å². The lowest BCUT2D eigenvalue weighted by Gasteiger charge is -2.25. The first-order chi connectivity index (χ1) is 15.8. The molecule has 0 saturated carbocycles. The molecule has 3 aromatic rings. The number of nitrogens with two attached hydrogens (primary N) is 1. The molecule has 1 aliphatic rings. The van der Waals surface area contributed by atoms with Gasteiger partial charge in [-0.1, -0.05) is 29.3 Å². The van der Waals surface area contributed by atoms with E-state index in [1.54, 1.807) is 26.4 Å². The number of halogens is 3. The number of hydrogen-bond donors (Lipinski definition) is 2. The number of carbonyl (C=O) groups excluding carboxylic acids is 1. The quantitative estimate of drug-likeness (QED) is 0.478. The zero-order valence-electron chi connectivity index (χ0n) is 18.1. The summed E-state index contributed by atoms with van der Waals surface area (Å²) < 4.78 is 25.9. The van der Waals surface area contributed by atoms with Gasteiger partial charge in [-0.05, 0) is 31.1 Å². The second-order valence-corrected chi connectivity index (χ2v) is 8.55. The van der Waals surface area contributed by atoms with Crippen LogP contribution in [0.4, 0.5) is 10.2 Å². The van der Waals surface area contributed by atoms with Crippen LogP contribution in [0.2, 0.25) is 10.0 Å². The molecule has 0 spiro atoms. The van der Waals surface area contributed by atoms with Gasteiger partial charge >= 0.3 is 0 Å². The summed E-state index contributed by atoms with van der Waals surface area (Å²) in [7, 11) is 1.63. The monoisotopic (exact) mass is 492 g/mol. The van der Waals surface area contributed by atoms with Crippen molar-refractivity contribution >= 4 is 51.5 Å². The molecular formula is C23H23Cl2FN4O3. The highest BCUT2D eigenvalue weighted by Gasteiger charge is 2.24. The summed E-state index contributed by atoms with van der Waals surface area (Å²) in [6, 6.07) is 2.62. The first-order valence-electron chi connectivity index (χ1n) is 10.4. The minimum absolute atomic E-state index is 0.0188. The number of pyridine rings is 1. The number of nitrogens with one attached hydrogen (secondary N) is 1. The number of amides is 1. The smallest absolute Gasteiger partial charge is 0.233 e. The maximum absolute atomic E-state index is 14.0. The molecule has 1 aromatic carbocycles. The molecule has 10 heteroatoms. The molecule has 1 aliphatic heterocycles. The molecule has 0 radical (unpaired) electrons. The Morgan fingerprint density at radius 1 is 1.42 bits per heavy atom. The van der Waals surface area contributed by atoms with E-state index in [2.05, 4.69) is 21.3 Å². The summed E-state index contributed by atoms with van der Waals surface area (Å²) in [4.78, 5) is 18.0. The normalized spacial score (nSPS) is 15.4. The summed E-state index contributed by atoms with van der Waals surface area (Å²) in [6.07, 6.45) is 5.39. The number of nitrogens with zero attached hydrogens (tertiary/aromatic N) is 2. The number of likely N-dealkylation sites (N-methyl/N-ethyl adjacent to an activating group) is 1. The number of ether oxygens (including phenoxy) is 1. The summed E-state index contributed by atoms with van der Waals surface area (Å²) in [5.74, 6) is -0.242. The van der Waals surface area contributed by atoms with Gasteiger partial charge in [0.1, 0.15) is 11.9 Å². The standard InChI is InChI=1S/C23H23Cl2FN4O3/c1-12(19-16(24)3-4-17(26)20(19)25)33-22-21-14(9-29-23(22)27)15(11-32-21)13-5-7-30(8-6-13)10-18(31)28-2/h3-5,9,11-12H,6-8,10H2,1-2H3,(H2,27,29)(H,28,31)/t12-/m1/s1. The second kappa shape index (κ2) is 9.59. The molecule has 1 atom stereocenters. The van der Waals surface area contributed by atoms with Crippen LogP contribution in [0.5, 0.6) is 5.75 Å². The first-order valence-corrected chi connectivity index (χ1v) is 11.1. The number of aromatic nitrogens is 1. The number of benzene rings is 1. The SMILES string of the molecule is CNC(=O)CN1CC=C(c2coc3c(O[C@H](C)c4c(Cl)ccc(F)c4Cl)c(N)ncc23)CC1. The Morgan fingerprint density at radius 2 is 2.21 bits per heavy atom. The highest BCUT2D eigenvalue weighted by Crippen LogP contribution is 2.41. The first kappa shape index (κ1) is 23.4. The number of rotatable bonds is 6. The van der Waals surface area contributed by atoms with Crippen LogP contribution in [0.3, 0.4) is 0 Å². The van der Waals surface area contributed by atoms with E-state index in [1.165, 1.54) is 12.1 Å². The third-order valence-corrected chi connectivity index (χ3v) is 6.38. The van der Waals surface area contributed by atoms with Gasteiger partial charge in [0, 0.05) is 42.5 Å². The number of anilines is 1. The Balaban J connectivity index is 1.63. The van der Waals surface area contributed by atoms with Crippen molar-refractivity contribution in [2.45, 2.75) is 19.4 Å². The predicted octanol–water partition coefficient (Wildman–Crippen LogP) is 4.83. The fraction of sp³-hybridized carbons (Fsp3) is 0.304. The van der Waals surface area contributed by atoms with Gasteiger partial charge in [0.05, 0.1) is 23.2 Å². The second-order valence-electron chi connectivity index (χ2n) is 7.77. The highest BCUT2D eigenvalue weighted by atomic mass is 35.5. The Kier molecular flexibility index (Phi) is 6.78. The number of carbonyl (C=O) groups is 1. The van der Waals surface area contributed by atoms with Crippen molar-refractivity contribution in [2.75, 3.05) is 32.4 Å². The Hall–Kier alpha value is -2.81. The molecule has 2 aromatic heterocycles. The minimum atomic E-state index is -0.712. The Bertz CT molecular complexity index is 1240. The van der Waals surface area contributed by atoms with Crippen LogP contribution in [0.1, 0.15) is 30.6 Å². The van der Waals surface area contributed by atoms with E-state index in [0.29, 0.717) is 24.2 Å². The van der Waals surface area contributed by atoms with Crippen LogP contribution in [-0.4, -0.2) is 42.5 Å². The zero-order valence-corrected chi connectivity index (χ0v) is 19.6. The van der Waals surface area contributed by atoms with Crippen LogP contribution in [-0.2, 0) is 4.79 Å². The molecule has 0 bridgehead atoms. The lowest BCUT2D eigenvalue weighted by Crippen LogP contribution is -2.37. The number of fused-ring (bicyclic) bond motifs is 1. The van der Waals surface area contributed by atoms with Gasteiger partial charge < -0.3 is 20.2 Å². The molecular weight excluding hydrogens is 470 g/mol. The third-order valence-electron chi connectivity index (χ3n) is 5.67. The average molecular weight is 493 g/mol. The molecule has 4 rings (SSSR count). The summed E-state index contributed by atoms with van der Waals surface area (Å²) >= 11 is 12.4. The molecule has 7 nitrogen and oxygen atoms in total. The average Bonchev–Trinajstić information content (AvgIpc) is 3.23.